The van der Waals surface area contributed by atoms with Crippen molar-refractivity contribution in [2.45, 2.75) is 6.54 Å². The number of hydrogen-bond donors (Lipinski definition) is 0. The number of benzene rings is 2. The van der Waals surface area contributed by atoms with E-state index in [9.17, 15) is 19.3 Å². The van der Waals surface area contributed by atoms with Crippen molar-refractivity contribution >= 4 is 23.2 Å². The van der Waals surface area contributed by atoms with Gasteiger partial charge in [-0.1, -0.05) is 23.7 Å². The number of nitro groups is 1. The number of carbonyl (C=O) groups excluding carboxylic acids is 1. The van der Waals surface area contributed by atoms with Crippen LogP contribution in [0.15, 0.2) is 42.5 Å². The van der Waals surface area contributed by atoms with Gasteiger partial charge in [-0.15, -0.1) is 0 Å². The first-order chi connectivity index (χ1) is 12.4. The van der Waals surface area contributed by atoms with Gasteiger partial charge in [0.1, 0.15) is 0 Å². The summed E-state index contributed by atoms with van der Waals surface area (Å²) in [4.78, 5) is 26.4. The molecule has 0 aliphatic carbocycles. The van der Waals surface area contributed by atoms with Crippen LogP contribution < -0.4 is 0 Å². The largest absolute Gasteiger partial charge is 0.336 e. The first-order valence-electron chi connectivity index (χ1n) is 8.14. The standard InChI is InChI=1S/C18H17ClFN3O3/c19-15-3-1-2-13(10-15)12-21-6-8-22(9-7-21)18(24)14-4-5-16(20)17(11-14)23(25)26/h1-5,10-11H,6-9,12H2. The van der Waals surface area contributed by atoms with Gasteiger partial charge in [-0.25, -0.2) is 0 Å². The maximum atomic E-state index is 13.4. The lowest BCUT2D eigenvalue weighted by molar-refractivity contribution is -0.387. The molecule has 3 rings (SSSR count). The fourth-order valence-electron chi connectivity index (χ4n) is 2.97. The molecule has 1 aliphatic rings. The van der Waals surface area contributed by atoms with E-state index in [1.165, 1.54) is 6.07 Å². The molecule has 0 atom stereocenters. The first kappa shape index (κ1) is 18.3. The second kappa shape index (κ2) is 7.80. The van der Waals surface area contributed by atoms with Crippen molar-refractivity contribution in [3.05, 3.63) is 74.5 Å². The number of nitro benzene ring substituents is 1. The summed E-state index contributed by atoms with van der Waals surface area (Å²) >= 11 is 6.00. The maximum absolute atomic E-state index is 13.4. The number of hydrogen-bond acceptors (Lipinski definition) is 4. The highest BCUT2D eigenvalue weighted by Crippen LogP contribution is 2.20. The summed E-state index contributed by atoms with van der Waals surface area (Å²) in [5.41, 5.74) is 0.545. The second-order valence-corrected chi connectivity index (χ2v) is 6.56. The van der Waals surface area contributed by atoms with Crippen molar-refractivity contribution in [3.8, 4) is 0 Å². The Labute approximate surface area is 154 Å². The van der Waals surface area contributed by atoms with E-state index in [1.54, 1.807) is 4.90 Å². The van der Waals surface area contributed by atoms with Crippen molar-refractivity contribution in [2.24, 2.45) is 0 Å². The van der Waals surface area contributed by atoms with Crippen LogP contribution >= 0.6 is 11.6 Å². The number of nitrogens with zero attached hydrogens (tertiary/aromatic N) is 3. The Kier molecular flexibility index (Phi) is 5.49. The van der Waals surface area contributed by atoms with E-state index in [-0.39, 0.29) is 11.5 Å². The summed E-state index contributed by atoms with van der Waals surface area (Å²) in [6, 6.07) is 10.9. The van der Waals surface area contributed by atoms with Gasteiger partial charge in [0.15, 0.2) is 0 Å². The summed E-state index contributed by atoms with van der Waals surface area (Å²) in [7, 11) is 0. The molecule has 0 unspecified atom stereocenters. The van der Waals surface area contributed by atoms with Gasteiger partial charge in [-0.2, -0.15) is 4.39 Å². The Morgan fingerprint density at radius 1 is 1.15 bits per heavy atom. The molecule has 1 heterocycles. The summed E-state index contributed by atoms with van der Waals surface area (Å²) in [6.45, 7) is 3.11. The van der Waals surface area contributed by atoms with E-state index < -0.39 is 16.4 Å². The van der Waals surface area contributed by atoms with E-state index in [1.807, 2.05) is 24.3 Å². The lowest BCUT2D eigenvalue weighted by atomic mass is 10.1. The predicted molar refractivity (Wildman–Crippen MR) is 95.7 cm³/mol. The van der Waals surface area contributed by atoms with Gasteiger partial charge >= 0.3 is 5.69 Å². The third-order valence-corrected chi connectivity index (χ3v) is 4.58. The van der Waals surface area contributed by atoms with E-state index in [0.29, 0.717) is 31.2 Å². The van der Waals surface area contributed by atoms with Crippen LogP contribution in [-0.4, -0.2) is 46.8 Å². The van der Waals surface area contributed by atoms with Gasteiger partial charge in [0.25, 0.3) is 5.91 Å². The average molecular weight is 378 g/mol. The molecule has 1 saturated heterocycles. The molecule has 26 heavy (non-hydrogen) atoms. The Morgan fingerprint density at radius 2 is 1.88 bits per heavy atom. The van der Waals surface area contributed by atoms with Gasteiger partial charge in [-0.3, -0.25) is 19.8 Å². The van der Waals surface area contributed by atoms with Crippen molar-refractivity contribution in [1.29, 1.82) is 0 Å². The van der Waals surface area contributed by atoms with Crippen LogP contribution in [0.3, 0.4) is 0 Å². The number of amides is 1. The molecular formula is C18H17ClFN3O3. The van der Waals surface area contributed by atoms with Crippen LogP contribution in [0.25, 0.3) is 0 Å². The Hall–Kier alpha value is -2.51. The Balaban J connectivity index is 1.62. The van der Waals surface area contributed by atoms with E-state index >= 15 is 0 Å². The van der Waals surface area contributed by atoms with E-state index in [0.717, 1.165) is 24.2 Å². The second-order valence-electron chi connectivity index (χ2n) is 6.12. The SMILES string of the molecule is O=C(c1ccc(F)c([N+](=O)[O-])c1)N1CCN(Cc2cccc(Cl)c2)CC1. The molecule has 0 aromatic heterocycles. The molecule has 6 nitrogen and oxygen atoms in total. The summed E-state index contributed by atoms with van der Waals surface area (Å²) in [5.74, 6) is -1.27. The Bertz CT molecular complexity index is 838. The molecule has 1 amide bonds. The fourth-order valence-corrected chi connectivity index (χ4v) is 3.18. The first-order valence-corrected chi connectivity index (χ1v) is 8.52. The van der Waals surface area contributed by atoms with Crippen LogP contribution in [-0.2, 0) is 6.54 Å². The molecule has 2 aromatic carbocycles. The number of piperazine rings is 1. The molecule has 2 aromatic rings. The van der Waals surface area contributed by atoms with Gasteiger partial charge in [0, 0.05) is 49.4 Å². The van der Waals surface area contributed by atoms with Crippen molar-refractivity contribution in [1.82, 2.24) is 9.80 Å². The molecule has 0 radical (unpaired) electrons. The van der Waals surface area contributed by atoms with Gasteiger partial charge in [-0.05, 0) is 29.8 Å². The predicted octanol–water partition coefficient (Wildman–Crippen LogP) is 3.35. The summed E-state index contributed by atoms with van der Waals surface area (Å²) in [5, 5.41) is 11.5. The van der Waals surface area contributed by atoms with E-state index in [2.05, 4.69) is 4.90 Å². The molecule has 0 saturated carbocycles. The highest BCUT2D eigenvalue weighted by Gasteiger charge is 2.24. The minimum absolute atomic E-state index is 0.126. The third-order valence-electron chi connectivity index (χ3n) is 4.34. The van der Waals surface area contributed by atoms with E-state index in [4.69, 9.17) is 11.6 Å². The zero-order chi connectivity index (χ0) is 18.7. The van der Waals surface area contributed by atoms with Crippen LogP contribution in [0.2, 0.25) is 5.02 Å². The molecule has 0 bridgehead atoms. The molecular weight excluding hydrogens is 361 g/mol. The highest BCUT2D eigenvalue weighted by atomic mass is 35.5. The fraction of sp³-hybridized carbons (Fsp3) is 0.278. The maximum Gasteiger partial charge on any atom is 0.305 e. The van der Waals surface area contributed by atoms with Crippen LogP contribution in [0.4, 0.5) is 10.1 Å². The zero-order valence-electron chi connectivity index (χ0n) is 13.9. The van der Waals surface area contributed by atoms with Crippen LogP contribution in [0, 0.1) is 15.9 Å². The molecule has 136 valence electrons. The molecule has 0 N–H and O–H groups in total. The van der Waals surface area contributed by atoms with Crippen molar-refractivity contribution in [3.63, 3.8) is 0 Å². The molecule has 1 fully saturated rings. The monoisotopic (exact) mass is 377 g/mol. The van der Waals surface area contributed by atoms with Gasteiger partial charge in [0.2, 0.25) is 5.82 Å². The molecule has 1 aliphatic heterocycles. The normalized spacial score (nSPS) is 15.1. The van der Waals surface area contributed by atoms with Crippen LogP contribution in [0.5, 0.6) is 0 Å². The zero-order valence-corrected chi connectivity index (χ0v) is 14.7. The minimum Gasteiger partial charge on any atom is -0.336 e. The summed E-state index contributed by atoms with van der Waals surface area (Å²) < 4.78 is 13.4. The molecule has 8 heteroatoms. The quantitative estimate of drug-likeness (QED) is 0.605. The molecule has 0 spiro atoms. The van der Waals surface area contributed by atoms with Crippen molar-refractivity contribution in [2.75, 3.05) is 26.2 Å². The topological polar surface area (TPSA) is 66.7 Å². The van der Waals surface area contributed by atoms with Gasteiger partial charge < -0.3 is 4.90 Å². The lowest BCUT2D eigenvalue weighted by Crippen LogP contribution is -2.48. The Morgan fingerprint density at radius 3 is 2.54 bits per heavy atom. The average Bonchev–Trinajstić information content (AvgIpc) is 2.62. The third kappa shape index (κ3) is 4.17. The lowest BCUT2D eigenvalue weighted by Gasteiger charge is -2.34. The number of halogens is 2. The smallest absolute Gasteiger partial charge is 0.305 e. The minimum atomic E-state index is -0.946. The summed E-state index contributed by atoms with van der Waals surface area (Å²) in [6.07, 6.45) is 0. The van der Waals surface area contributed by atoms with Crippen LogP contribution in [0.1, 0.15) is 15.9 Å². The van der Waals surface area contributed by atoms with Gasteiger partial charge in [0.05, 0.1) is 4.92 Å². The number of rotatable bonds is 4. The van der Waals surface area contributed by atoms with Crippen molar-refractivity contribution < 1.29 is 14.1 Å². The highest BCUT2D eigenvalue weighted by molar-refractivity contribution is 6.30. The number of carbonyl (C=O) groups is 1.